The number of hydrogen-bond acceptors (Lipinski definition) is 4. The highest BCUT2D eigenvalue weighted by Gasteiger charge is 2.22. The van der Waals surface area contributed by atoms with Crippen LogP contribution in [0.15, 0.2) is 79.0 Å². The van der Waals surface area contributed by atoms with E-state index in [0.717, 1.165) is 32.4 Å². The normalized spacial score (nSPS) is 11.2. The third-order valence-electron chi connectivity index (χ3n) is 5.68. The van der Waals surface area contributed by atoms with Crippen LogP contribution in [0.2, 0.25) is 0 Å². The summed E-state index contributed by atoms with van der Waals surface area (Å²) in [4.78, 5) is 24.7. The van der Waals surface area contributed by atoms with Crippen molar-refractivity contribution in [2.45, 2.75) is 26.8 Å². The van der Waals surface area contributed by atoms with Crippen LogP contribution in [0.4, 0.5) is 5.13 Å². The van der Waals surface area contributed by atoms with E-state index < -0.39 is 0 Å². The van der Waals surface area contributed by atoms with Crippen molar-refractivity contribution in [1.29, 1.82) is 0 Å². The summed E-state index contributed by atoms with van der Waals surface area (Å²) in [5.74, 6) is 0.0142. The molecule has 158 valence electrons. The number of benzene rings is 3. The molecule has 32 heavy (non-hydrogen) atoms. The van der Waals surface area contributed by atoms with Crippen molar-refractivity contribution >= 4 is 43.4 Å². The van der Waals surface area contributed by atoms with Crippen LogP contribution in [0, 0.1) is 13.8 Å². The van der Waals surface area contributed by atoms with Crippen LogP contribution in [0.3, 0.4) is 0 Å². The van der Waals surface area contributed by atoms with Crippen molar-refractivity contribution in [3.8, 4) is 0 Å². The maximum absolute atomic E-state index is 13.6. The van der Waals surface area contributed by atoms with Gasteiger partial charge in [0.15, 0.2) is 5.13 Å². The Labute approximate surface area is 191 Å². The Morgan fingerprint density at radius 1 is 0.906 bits per heavy atom. The standard InChI is InChI=1S/C27H23N3OS/c1-18-10-11-19(2)26-25(18)29-27(32-26)30(17-23-9-5-6-14-28-23)24(31)16-20-12-13-21-7-3-4-8-22(21)15-20/h3-15H,16-17H2,1-2H3. The molecule has 0 fully saturated rings. The van der Waals surface area contributed by atoms with Gasteiger partial charge in [-0.15, -0.1) is 0 Å². The van der Waals surface area contributed by atoms with E-state index in [2.05, 4.69) is 55.2 Å². The van der Waals surface area contributed by atoms with Gasteiger partial charge >= 0.3 is 0 Å². The first-order valence-electron chi connectivity index (χ1n) is 10.6. The number of carbonyl (C=O) groups excluding carboxylic acids is 1. The van der Waals surface area contributed by atoms with Crippen LogP contribution >= 0.6 is 11.3 Å². The lowest BCUT2D eigenvalue weighted by Gasteiger charge is -2.20. The van der Waals surface area contributed by atoms with Crippen molar-refractivity contribution in [3.05, 3.63) is 101 Å². The highest BCUT2D eigenvalue weighted by molar-refractivity contribution is 7.22. The second-order valence-corrected chi connectivity index (χ2v) is 9.01. The predicted octanol–water partition coefficient (Wildman–Crippen LogP) is 6.24. The van der Waals surface area contributed by atoms with Gasteiger partial charge in [0.1, 0.15) is 0 Å². The third kappa shape index (κ3) is 3.99. The molecule has 0 aliphatic heterocycles. The quantitative estimate of drug-likeness (QED) is 0.327. The highest BCUT2D eigenvalue weighted by atomic mass is 32.1. The first-order valence-corrected chi connectivity index (χ1v) is 11.4. The molecule has 0 unspecified atom stereocenters. The summed E-state index contributed by atoms with van der Waals surface area (Å²) >= 11 is 1.57. The van der Waals surface area contributed by atoms with Crippen LogP contribution in [0.1, 0.15) is 22.4 Å². The summed E-state index contributed by atoms with van der Waals surface area (Å²) in [7, 11) is 0. The van der Waals surface area contributed by atoms with Gasteiger partial charge in [0.25, 0.3) is 0 Å². The second kappa shape index (κ2) is 8.52. The lowest BCUT2D eigenvalue weighted by molar-refractivity contribution is -0.118. The van der Waals surface area contributed by atoms with E-state index in [-0.39, 0.29) is 5.91 Å². The van der Waals surface area contributed by atoms with Gasteiger partial charge in [-0.25, -0.2) is 4.98 Å². The van der Waals surface area contributed by atoms with E-state index in [1.165, 1.54) is 10.9 Å². The molecule has 3 aromatic carbocycles. The molecule has 0 N–H and O–H groups in total. The van der Waals surface area contributed by atoms with Gasteiger partial charge in [-0.3, -0.25) is 14.7 Å². The maximum atomic E-state index is 13.6. The molecule has 2 aromatic heterocycles. The summed E-state index contributed by atoms with van der Waals surface area (Å²) in [6, 6.07) is 24.4. The first kappa shape index (κ1) is 20.3. The smallest absolute Gasteiger partial charge is 0.233 e. The van der Waals surface area contributed by atoms with Crippen molar-refractivity contribution in [1.82, 2.24) is 9.97 Å². The van der Waals surface area contributed by atoms with E-state index in [1.807, 2.05) is 36.4 Å². The Balaban J connectivity index is 1.52. The Kier molecular flexibility index (Phi) is 5.41. The fraction of sp³-hybridized carbons (Fsp3) is 0.148. The first-order chi connectivity index (χ1) is 15.6. The van der Waals surface area contributed by atoms with Gasteiger partial charge in [0.2, 0.25) is 5.91 Å². The topological polar surface area (TPSA) is 46.1 Å². The molecule has 0 saturated carbocycles. The minimum absolute atomic E-state index is 0.0142. The predicted molar refractivity (Wildman–Crippen MR) is 132 cm³/mol. The number of nitrogens with zero attached hydrogens (tertiary/aromatic N) is 3. The van der Waals surface area contributed by atoms with Gasteiger partial charge in [0.05, 0.1) is 28.9 Å². The van der Waals surface area contributed by atoms with Gasteiger partial charge in [-0.05, 0) is 53.4 Å². The Morgan fingerprint density at radius 2 is 1.69 bits per heavy atom. The number of rotatable bonds is 5. The van der Waals surface area contributed by atoms with E-state index >= 15 is 0 Å². The second-order valence-electron chi connectivity index (χ2n) is 8.03. The number of carbonyl (C=O) groups is 1. The van der Waals surface area contributed by atoms with E-state index in [0.29, 0.717) is 18.1 Å². The van der Waals surface area contributed by atoms with Gasteiger partial charge in [-0.2, -0.15) is 0 Å². The van der Waals surface area contributed by atoms with Crippen LogP contribution in [-0.4, -0.2) is 15.9 Å². The summed E-state index contributed by atoms with van der Waals surface area (Å²) < 4.78 is 1.13. The van der Waals surface area contributed by atoms with Crippen LogP contribution in [0.25, 0.3) is 21.0 Å². The number of thiazole rings is 1. The van der Waals surface area contributed by atoms with Gasteiger partial charge < -0.3 is 0 Å². The highest BCUT2D eigenvalue weighted by Crippen LogP contribution is 2.34. The van der Waals surface area contributed by atoms with Gasteiger partial charge in [-0.1, -0.05) is 72.0 Å². The number of amides is 1. The van der Waals surface area contributed by atoms with Crippen LogP contribution in [0.5, 0.6) is 0 Å². The molecule has 0 saturated heterocycles. The SMILES string of the molecule is Cc1ccc(C)c2sc(N(Cc3ccccn3)C(=O)Cc3ccc4ccccc4c3)nc12. The van der Waals surface area contributed by atoms with Crippen LogP contribution in [-0.2, 0) is 17.8 Å². The zero-order valence-electron chi connectivity index (χ0n) is 18.1. The monoisotopic (exact) mass is 437 g/mol. The summed E-state index contributed by atoms with van der Waals surface area (Å²) in [6.45, 7) is 4.54. The van der Waals surface area contributed by atoms with E-state index in [4.69, 9.17) is 4.98 Å². The minimum atomic E-state index is 0.0142. The van der Waals surface area contributed by atoms with Crippen molar-refractivity contribution in [2.24, 2.45) is 0 Å². The molecule has 2 heterocycles. The molecular formula is C27H23N3OS. The zero-order valence-corrected chi connectivity index (χ0v) is 18.9. The Morgan fingerprint density at radius 3 is 2.47 bits per heavy atom. The molecule has 1 amide bonds. The van der Waals surface area contributed by atoms with Gasteiger partial charge in [0, 0.05) is 6.20 Å². The number of hydrogen-bond donors (Lipinski definition) is 0. The molecule has 0 spiro atoms. The molecule has 0 radical (unpaired) electrons. The lowest BCUT2D eigenvalue weighted by Crippen LogP contribution is -2.32. The summed E-state index contributed by atoms with van der Waals surface area (Å²) in [5.41, 5.74) is 5.09. The molecule has 5 aromatic rings. The number of aryl methyl sites for hydroxylation is 2. The fourth-order valence-electron chi connectivity index (χ4n) is 3.90. The lowest BCUT2D eigenvalue weighted by atomic mass is 10.0. The Hall–Kier alpha value is -3.57. The number of anilines is 1. The molecule has 0 aliphatic rings. The average molecular weight is 438 g/mol. The molecule has 5 rings (SSSR count). The third-order valence-corrected chi connectivity index (χ3v) is 6.89. The Bertz CT molecular complexity index is 1390. The molecule has 4 nitrogen and oxygen atoms in total. The minimum Gasteiger partial charge on any atom is -0.282 e. The number of pyridine rings is 1. The van der Waals surface area contributed by atoms with Crippen molar-refractivity contribution in [2.75, 3.05) is 4.90 Å². The molecule has 5 heteroatoms. The van der Waals surface area contributed by atoms with E-state index in [9.17, 15) is 4.79 Å². The largest absolute Gasteiger partial charge is 0.282 e. The zero-order chi connectivity index (χ0) is 22.1. The average Bonchev–Trinajstić information content (AvgIpc) is 3.27. The number of fused-ring (bicyclic) bond motifs is 2. The van der Waals surface area contributed by atoms with Crippen molar-refractivity contribution < 1.29 is 4.79 Å². The summed E-state index contributed by atoms with van der Waals surface area (Å²) in [6.07, 6.45) is 2.07. The maximum Gasteiger partial charge on any atom is 0.233 e. The van der Waals surface area contributed by atoms with Crippen LogP contribution < -0.4 is 4.90 Å². The van der Waals surface area contributed by atoms with E-state index in [1.54, 1.807) is 22.4 Å². The fourth-order valence-corrected chi connectivity index (χ4v) is 5.03. The van der Waals surface area contributed by atoms with Crippen molar-refractivity contribution in [3.63, 3.8) is 0 Å². The number of aromatic nitrogens is 2. The molecule has 0 aliphatic carbocycles. The summed E-state index contributed by atoms with van der Waals surface area (Å²) in [5, 5.41) is 3.03. The molecule has 0 bridgehead atoms. The molecule has 0 atom stereocenters. The molecular weight excluding hydrogens is 414 g/mol.